The quantitative estimate of drug-likeness (QED) is 0.595. The van der Waals surface area contributed by atoms with Gasteiger partial charge in [-0.25, -0.2) is 14.4 Å². The lowest BCUT2D eigenvalue weighted by atomic mass is 10.2. The van der Waals surface area contributed by atoms with Gasteiger partial charge >= 0.3 is 6.18 Å². The number of alkyl halides is 3. The first-order valence-corrected chi connectivity index (χ1v) is 10.1. The molecular formula is C22H23F4N5. The Kier molecular flexibility index (Phi) is 6.33. The van der Waals surface area contributed by atoms with E-state index in [2.05, 4.69) is 25.1 Å². The summed E-state index contributed by atoms with van der Waals surface area (Å²) in [5.74, 6) is 0.312. The van der Waals surface area contributed by atoms with Gasteiger partial charge in [-0.3, -0.25) is 9.80 Å². The third-order valence-corrected chi connectivity index (χ3v) is 5.41. The average molecular weight is 433 g/mol. The number of pyridine rings is 2. The van der Waals surface area contributed by atoms with Crippen molar-refractivity contribution in [1.82, 2.24) is 19.8 Å². The number of aromatic nitrogens is 2. The first kappa shape index (κ1) is 21.5. The van der Waals surface area contributed by atoms with Crippen molar-refractivity contribution in [3.63, 3.8) is 0 Å². The Hall–Kier alpha value is -2.78. The van der Waals surface area contributed by atoms with E-state index in [1.807, 2.05) is 12.1 Å². The zero-order valence-electron chi connectivity index (χ0n) is 16.9. The number of hydrogen-bond acceptors (Lipinski definition) is 5. The molecular weight excluding hydrogens is 410 g/mol. The number of halogens is 4. The molecule has 3 heterocycles. The summed E-state index contributed by atoms with van der Waals surface area (Å²) in [5.41, 5.74) is 0.457. The highest BCUT2D eigenvalue weighted by Gasteiger charge is 2.32. The van der Waals surface area contributed by atoms with E-state index in [9.17, 15) is 17.6 Å². The first-order valence-electron chi connectivity index (χ1n) is 10.1. The van der Waals surface area contributed by atoms with Crippen molar-refractivity contribution in [3.8, 4) is 0 Å². The highest BCUT2D eigenvalue weighted by atomic mass is 19.4. The Morgan fingerprint density at radius 3 is 2.32 bits per heavy atom. The van der Waals surface area contributed by atoms with Crippen LogP contribution >= 0.6 is 0 Å². The molecule has 3 aromatic rings. The maximum absolute atomic E-state index is 13.0. The van der Waals surface area contributed by atoms with Crippen LogP contribution in [-0.2, 0) is 12.7 Å². The molecule has 31 heavy (non-hydrogen) atoms. The normalized spacial score (nSPS) is 16.0. The fraction of sp³-hybridized carbons (Fsp3) is 0.364. The van der Waals surface area contributed by atoms with Crippen molar-refractivity contribution in [3.05, 3.63) is 65.7 Å². The maximum Gasteiger partial charge on any atom is 0.433 e. The number of nitrogens with zero attached hydrogens (tertiary/aromatic N) is 4. The number of rotatable bonds is 6. The first-order chi connectivity index (χ1) is 14.9. The smallest absolute Gasteiger partial charge is 0.368 e. The summed E-state index contributed by atoms with van der Waals surface area (Å²) in [6.45, 7) is 5.92. The number of anilines is 1. The van der Waals surface area contributed by atoms with Crippen LogP contribution in [0.5, 0.6) is 0 Å². The van der Waals surface area contributed by atoms with Crippen LogP contribution in [0.25, 0.3) is 10.9 Å². The molecule has 1 fully saturated rings. The largest absolute Gasteiger partial charge is 0.433 e. The minimum Gasteiger partial charge on any atom is -0.368 e. The Morgan fingerprint density at radius 2 is 1.61 bits per heavy atom. The van der Waals surface area contributed by atoms with Crippen molar-refractivity contribution < 1.29 is 17.6 Å². The van der Waals surface area contributed by atoms with Gasteiger partial charge in [-0.05, 0) is 35.9 Å². The second-order valence-electron chi connectivity index (χ2n) is 7.59. The van der Waals surface area contributed by atoms with Gasteiger partial charge in [0.05, 0.1) is 5.52 Å². The SMILES string of the molecule is Fc1ccc(CN2CCN(CCNc3nccc4nc(C(F)(F)F)ccc34)CC2)cc1. The fourth-order valence-corrected chi connectivity index (χ4v) is 3.70. The Bertz CT molecular complexity index is 1010. The highest BCUT2D eigenvalue weighted by Crippen LogP contribution is 2.30. The Balaban J connectivity index is 1.27. The molecule has 0 saturated carbocycles. The van der Waals surface area contributed by atoms with Gasteiger partial charge in [0.25, 0.3) is 0 Å². The van der Waals surface area contributed by atoms with Crippen molar-refractivity contribution in [2.45, 2.75) is 12.7 Å². The van der Waals surface area contributed by atoms with Gasteiger partial charge in [0.1, 0.15) is 17.3 Å². The van der Waals surface area contributed by atoms with Gasteiger partial charge in [0.15, 0.2) is 0 Å². The third kappa shape index (κ3) is 5.48. The summed E-state index contributed by atoms with van der Waals surface area (Å²) < 4.78 is 51.6. The van der Waals surface area contributed by atoms with Crippen LogP contribution < -0.4 is 5.32 Å². The van der Waals surface area contributed by atoms with Crippen LogP contribution in [0.3, 0.4) is 0 Å². The second kappa shape index (κ2) is 9.15. The van der Waals surface area contributed by atoms with E-state index in [4.69, 9.17) is 0 Å². The predicted octanol–water partition coefficient (Wildman–Crippen LogP) is 4.02. The zero-order chi connectivity index (χ0) is 21.8. The molecule has 1 aliphatic rings. The van der Waals surface area contributed by atoms with E-state index in [1.165, 1.54) is 30.5 Å². The van der Waals surface area contributed by atoms with E-state index < -0.39 is 11.9 Å². The lowest BCUT2D eigenvalue weighted by Crippen LogP contribution is -2.47. The molecule has 0 unspecified atom stereocenters. The summed E-state index contributed by atoms with van der Waals surface area (Å²) in [6, 6.07) is 10.5. The van der Waals surface area contributed by atoms with E-state index in [-0.39, 0.29) is 11.3 Å². The highest BCUT2D eigenvalue weighted by molar-refractivity contribution is 5.89. The molecule has 0 spiro atoms. The van der Waals surface area contributed by atoms with Gasteiger partial charge in [-0.2, -0.15) is 13.2 Å². The van der Waals surface area contributed by atoms with Crippen LogP contribution in [0.1, 0.15) is 11.3 Å². The number of nitrogens with one attached hydrogen (secondary N) is 1. The molecule has 1 N–H and O–H groups in total. The van der Waals surface area contributed by atoms with Crippen molar-refractivity contribution in [2.75, 3.05) is 44.6 Å². The number of fused-ring (bicyclic) bond motifs is 1. The van der Waals surface area contributed by atoms with Gasteiger partial charge < -0.3 is 5.32 Å². The summed E-state index contributed by atoms with van der Waals surface area (Å²) in [6.07, 6.45) is -3.00. The van der Waals surface area contributed by atoms with Crippen LogP contribution in [0.15, 0.2) is 48.7 Å². The molecule has 5 nitrogen and oxygen atoms in total. The van der Waals surface area contributed by atoms with Crippen LogP contribution in [-0.4, -0.2) is 59.0 Å². The number of piperazine rings is 1. The van der Waals surface area contributed by atoms with E-state index in [0.29, 0.717) is 17.7 Å². The van der Waals surface area contributed by atoms with Crippen molar-refractivity contribution in [2.24, 2.45) is 0 Å². The van der Waals surface area contributed by atoms with Gasteiger partial charge in [-0.15, -0.1) is 0 Å². The maximum atomic E-state index is 13.0. The van der Waals surface area contributed by atoms with Crippen molar-refractivity contribution >= 4 is 16.7 Å². The van der Waals surface area contributed by atoms with Crippen LogP contribution in [0.4, 0.5) is 23.4 Å². The molecule has 0 amide bonds. The van der Waals surface area contributed by atoms with Crippen molar-refractivity contribution in [1.29, 1.82) is 0 Å². The summed E-state index contributed by atoms with van der Waals surface area (Å²) in [4.78, 5) is 12.6. The lowest BCUT2D eigenvalue weighted by Gasteiger charge is -2.34. The van der Waals surface area contributed by atoms with Gasteiger partial charge in [-0.1, -0.05) is 12.1 Å². The van der Waals surface area contributed by atoms with E-state index >= 15 is 0 Å². The molecule has 1 aromatic carbocycles. The molecule has 1 saturated heterocycles. The Labute approximate surface area is 177 Å². The molecule has 9 heteroatoms. The topological polar surface area (TPSA) is 44.3 Å². The average Bonchev–Trinajstić information content (AvgIpc) is 2.76. The molecule has 0 atom stereocenters. The number of hydrogen-bond donors (Lipinski definition) is 1. The predicted molar refractivity (Wildman–Crippen MR) is 111 cm³/mol. The lowest BCUT2D eigenvalue weighted by molar-refractivity contribution is -0.140. The van der Waals surface area contributed by atoms with E-state index in [0.717, 1.165) is 50.9 Å². The summed E-state index contributed by atoms with van der Waals surface area (Å²) >= 11 is 0. The fourth-order valence-electron chi connectivity index (χ4n) is 3.70. The minimum absolute atomic E-state index is 0.224. The Morgan fingerprint density at radius 1 is 0.903 bits per heavy atom. The molecule has 0 radical (unpaired) electrons. The summed E-state index contributed by atoms with van der Waals surface area (Å²) in [7, 11) is 0. The van der Waals surface area contributed by atoms with E-state index in [1.54, 1.807) is 0 Å². The van der Waals surface area contributed by atoms with Gasteiger partial charge in [0.2, 0.25) is 0 Å². The standard InChI is InChI=1S/C22H23F4N5/c23-17-3-1-16(2-4-17)15-31-13-11-30(12-14-31)10-9-28-21-18-5-6-20(22(24,25)26)29-19(18)7-8-27-21/h1-8H,9-15H2,(H,27,28). The molecule has 2 aromatic heterocycles. The molecule has 1 aliphatic heterocycles. The minimum atomic E-state index is -4.47. The summed E-state index contributed by atoms with van der Waals surface area (Å²) in [5, 5.41) is 3.80. The third-order valence-electron chi connectivity index (χ3n) is 5.41. The molecule has 0 bridgehead atoms. The molecule has 4 rings (SSSR count). The molecule has 0 aliphatic carbocycles. The zero-order valence-corrected chi connectivity index (χ0v) is 16.9. The van der Waals surface area contributed by atoms with Gasteiger partial charge in [0, 0.05) is 57.4 Å². The van der Waals surface area contributed by atoms with Crippen LogP contribution in [0, 0.1) is 5.82 Å². The monoisotopic (exact) mass is 433 g/mol. The van der Waals surface area contributed by atoms with Crippen LogP contribution in [0.2, 0.25) is 0 Å². The second-order valence-corrected chi connectivity index (χ2v) is 7.59. The number of benzene rings is 1. The molecule has 164 valence electrons.